The molecule has 0 saturated heterocycles. The molecule has 1 unspecified atom stereocenters. The van der Waals surface area contributed by atoms with Gasteiger partial charge in [0.2, 0.25) is 0 Å². The molecule has 1 atom stereocenters. The molecule has 0 spiro atoms. The normalized spacial score (nSPS) is 12.4. The molecule has 0 fully saturated rings. The molecule has 0 aliphatic carbocycles. The lowest BCUT2D eigenvalue weighted by Crippen LogP contribution is -2.18. The first kappa shape index (κ1) is 13.6. The minimum atomic E-state index is -0.335. The van der Waals surface area contributed by atoms with Gasteiger partial charge in [-0.3, -0.25) is 0 Å². The summed E-state index contributed by atoms with van der Waals surface area (Å²) in [5.74, 6) is 0.804. The third-order valence-electron chi connectivity index (χ3n) is 3.16. The van der Waals surface area contributed by atoms with Crippen LogP contribution in [0.2, 0.25) is 0 Å². The van der Waals surface area contributed by atoms with Gasteiger partial charge in [0, 0.05) is 11.6 Å². The maximum atomic E-state index is 13.6. The average Bonchev–Trinajstić information content (AvgIpc) is 2.82. The van der Waals surface area contributed by atoms with Gasteiger partial charge < -0.3 is 14.5 Å². The van der Waals surface area contributed by atoms with Crippen LogP contribution in [-0.4, -0.2) is 14.2 Å². The average molecular weight is 263 g/mol. The molecule has 1 aromatic heterocycles. The number of ether oxygens (including phenoxy) is 1. The van der Waals surface area contributed by atoms with Crippen molar-refractivity contribution >= 4 is 0 Å². The number of furan rings is 1. The summed E-state index contributed by atoms with van der Waals surface area (Å²) in [6.45, 7) is 1.91. The fourth-order valence-corrected chi connectivity index (χ4v) is 2.11. The smallest absolute Gasteiger partial charge is 0.165 e. The van der Waals surface area contributed by atoms with E-state index in [9.17, 15) is 4.39 Å². The van der Waals surface area contributed by atoms with Crippen LogP contribution in [0, 0.1) is 12.7 Å². The van der Waals surface area contributed by atoms with Crippen LogP contribution in [-0.2, 0) is 6.42 Å². The Bertz CT molecular complexity index is 551. The first-order valence-corrected chi connectivity index (χ1v) is 6.18. The zero-order valence-electron chi connectivity index (χ0n) is 11.4. The molecular formula is C15H18FNO2. The van der Waals surface area contributed by atoms with Gasteiger partial charge in [-0.05, 0) is 44.2 Å². The highest BCUT2D eigenvalue weighted by molar-refractivity contribution is 5.31. The number of hydrogen-bond donors (Lipinski definition) is 1. The zero-order valence-corrected chi connectivity index (χ0v) is 11.4. The third-order valence-corrected chi connectivity index (χ3v) is 3.16. The van der Waals surface area contributed by atoms with Gasteiger partial charge in [0.1, 0.15) is 5.76 Å². The predicted molar refractivity (Wildman–Crippen MR) is 71.9 cm³/mol. The van der Waals surface area contributed by atoms with Gasteiger partial charge in [0.05, 0.1) is 13.4 Å². The molecule has 2 aromatic rings. The number of methoxy groups -OCH3 is 1. The molecule has 1 heterocycles. The molecule has 4 heteroatoms. The second kappa shape index (κ2) is 5.89. The molecule has 0 aliphatic heterocycles. The molecule has 0 radical (unpaired) electrons. The number of benzene rings is 1. The van der Waals surface area contributed by atoms with Crippen molar-refractivity contribution in [2.45, 2.75) is 19.4 Å². The fourth-order valence-electron chi connectivity index (χ4n) is 2.11. The van der Waals surface area contributed by atoms with E-state index in [1.807, 2.05) is 26.1 Å². The van der Waals surface area contributed by atoms with E-state index in [0.717, 1.165) is 16.9 Å². The molecule has 1 N–H and O–H groups in total. The van der Waals surface area contributed by atoms with Gasteiger partial charge in [-0.15, -0.1) is 0 Å². The van der Waals surface area contributed by atoms with Crippen LogP contribution < -0.4 is 10.1 Å². The number of nitrogens with one attached hydrogen (secondary N) is 1. The van der Waals surface area contributed by atoms with Crippen LogP contribution in [0.15, 0.2) is 34.9 Å². The molecule has 1 aromatic carbocycles. The Morgan fingerprint density at radius 2 is 2.16 bits per heavy atom. The molecule has 0 amide bonds. The Morgan fingerprint density at radius 3 is 2.68 bits per heavy atom. The second-order valence-corrected chi connectivity index (χ2v) is 4.50. The summed E-state index contributed by atoms with van der Waals surface area (Å²) in [5.41, 5.74) is 1.98. The number of rotatable bonds is 5. The van der Waals surface area contributed by atoms with Gasteiger partial charge in [-0.25, -0.2) is 4.39 Å². The molecule has 102 valence electrons. The summed E-state index contributed by atoms with van der Waals surface area (Å²) >= 11 is 0. The van der Waals surface area contributed by atoms with Gasteiger partial charge >= 0.3 is 0 Å². The largest absolute Gasteiger partial charge is 0.494 e. The molecular weight excluding hydrogens is 245 g/mol. The summed E-state index contributed by atoms with van der Waals surface area (Å²) in [5, 5.41) is 3.21. The SMILES string of the molecule is CNC(Cc1ccc(OC)c(F)c1)c1coc(C)c1. The summed E-state index contributed by atoms with van der Waals surface area (Å²) in [4.78, 5) is 0. The Labute approximate surface area is 112 Å². The standard InChI is InChI=1S/C15H18FNO2/c1-10-6-12(9-19-10)14(17-2)8-11-4-5-15(18-3)13(16)7-11/h4-7,9,14,17H,8H2,1-3H3. The monoisotopic (exact) mass is 263 g/mol. The van der Waals surface area contributed by atoms with Crippen molar-refractivity contribution < 1.29 is 13.5 Å². The van der Waals surface area contributed by atoms with Crippen molar-refractivity contribution in [3.05, 3.63) is 53.2 Å². The number of halogens is 1. The Hall–Kier alpha value is -1.81. The third kappa shape index (κ3) is 3.15. The first-order valence-electron chi connectivity index (χ1n) is 6.18. The first-order chi connectivity index (χ1) is 9.13. The number of aryl methyl sites for hydroxylation is 1. The highest BCUT2D eigenvalue weighted by Gasteiger charge is 2.13. The fraction of sp³-hybridized carbons (Fsp3) is 0.333. The minimum Gasteiger partial charge on any atom is -0.494 e. The lowest BCUT2D eigenvalue weighted by Gasteiger charge is -2.15. The Morgan fingerprint density at radius 1 is 1.37 bits per heavy atom. The van der Waals surface area contributed by atoms with E-state index < -0.39 is 0 Å². The summed E-state index contributed by atoms with van der Waals surface area (Å²) in [6.07, 6.45) is 2.42. The predicted octanol–water partition coefficient (Wildman–Crippen LogP) is 3.24. The van der Waals surface area contributed by atoms with E-state index in [0.29, 0.717) is 6.42 Å². The van der Waals surface area contributed by atoms with Crippen LogP contribution in [0.25, 0.3) is 0 Å². The topological polar surface area (TPSA) is 34.4 Å². The lowest BCUT2D eigenvalue weighted by atomic mass is 10.0. The minimum absolute atomic E-state index is 0.102. The summed E-state index contributed by atoms with van der Waals surface area (Å²) in [6, 6.07) is 7.12. The van der Waals surface area contributed by atoms with E-state index in [4.69, 9.17) is 9.15 Å². The van der Waals surface area contributed by atoms with Gasteiger partial charge in [0.15, 0.2) is 11.6 Å². The Balaban J connectivity index is 2.16. The summed E-state index contributed by atoms with van der Waals surface area (Å²) < 4.78 is 23.9. The van der Waals surface area contributed by atoms with E-state index in [2.05, 4.69) is 5.32 Å². The summed E-state index contributed by atoms with van der Waals surface area (Å²) in [7, 11) is 3.34. The molecule has 3 nitrogen and oxygen atoms in total. The maximum Gasteiger partial charge on any atom is 0.165 e. The van der Waals surface area contributed by atoms with Crippen molar-refractivity contribution in [2.75, 3.05) is 14.2 Å². The highest BCUT2D eigenvalue weighted by Crippen LogP contribution is 2.23. The van der Waals surface area contributed by atoms with Gasteiger partial charge in [-0.1, -0.05) is 6.07 Å². The number of hydrogen-bond acceptors (Lipinski definition) is 3. The van der Waals surface area contributed by atoms with E-state index in [1.54, 1.807) is 12.3 Å². The van der Waals surface area contributed by atoms with Crippen molar-refractivity contribution in [2.24, 2.45) is 0 Å². The van der Waals surface area contributed by atoms with E-state index >= 15 is 0 Å². The van der Waals surface area contributed by atoms with Crippen molar-refractivity contribution in [3.63, 3.8) is 0 Å². The quantitative estimate of drug-likeness (QED) is 0.899. The molecule has 0 bridgehead atoms. The van der Waals surface area contributed by atoms with Crippen molar-refractivity contribution in [1.29, 1.82) is 0 Å². The maximum absolute atomic E-state index is 13.6. The van der Waals surface area contributed by atoms with Gasteiger partial charge in [-0.2, -0.15) is 0 Å². The van der Waals surface area contributed by atoms with E-state index in [1.165, 1.54) is 13.2 Å². The number of likely N-dealkylation sites (N-methyl/N-ethyl adjacent to an activating group) is 1. The van der Waals surface area contributed by atoms with Crippen LogP contribution >= 0.6 is 0 Å². The van der Waals surface area contributed by atoms with Crippen LogP contribution in [0.4, 0.5) is 4.39 Å². The van der Waals surface area contributed by atoms with Crippen LogP contribution in [0.3, 0.4) is 0 Å². The van der Waals surface area contributed by atoms with Crippen molar-refractivity contribution in [3.8, 4) is 5.75 Å². The molecule has 0 saturated carbocycles. The Kier molecular flexibility index (Phi) is 4.22. The lowest BCUT2D eigenvalue weighted by molar-refractivity contribution is 0.386. The van der Waals surface area contributed by atoms with Crippen molar-refractivity contribution in [1.82, 2.24) is 5.32 Å². The highest BCUT2D eigenvalue weighted by atomic mass is 19.1. The molecule has 19 heavy (non-hydrogen) atoms. The second-order valence-electron chi connectivity index (χ2n) is 4.50. The van der Waals surface area contributed by atoms with Crippen LogP contribution in [0.5, 0.6) is 5.75 Å². The van der Waals surface area contributed by atoms with Gasteiger partial charge in [0.25, 0.3) is 0 Å². The molecule has 0 aliphatic rings. The van der Waals surface area contributed by atoms with Crippen LogP contribution in [0.1, 0.15) is 22.9 Å². The molecule has 2 rings (SSSR count). The zero-order chi connectivity index (χ0) is 13.8. The van der Waals surface area contributed by atoms with E-state index in [-0.39, 0.29) is 17.6 Å².